The number of hydrogen-bond acceptors (Lipinski definition) is 5. The smallest absolute Gasteiger partial charge is 0.325 e. The zero-order chi connectivity index (χ0) is 15.3. The molecule has 0 saturated heterocycles. The molecule has 0 aromatic rings. The first-order valence-electron chi connectivity index (χ1n) is 6.66. The van der Waals surface area contributed by atoms with E-state index in [2.05, 4.69) is 5.32 Å². The molecule has 0 aliphatic heterocycles. The highest BCUT2D eigenvalue weighted by molar-refractivity contribution is 6.44. The van der Waals surface area contributed by atoms with Crippen molar-refractivity contribution >= 4 is 17.5 Å². The van der Waals surface area contributed by atoms with Gasteiger partial charge in [0.05, 0.1) is 0 Å². The first kappa shape index (κ1) is 16.1. The van der Waals surface area contributed by atoms with Crippen LogP contribution >= 0.6 is 0 Å². The number of allylic oxidation sites excluding steroid dienone is 3. The molecule has 0 atom stereocenters. The molecule has 2 N–H and O–H groups in total. The summed E-state index contributed by atoms with van der Waals surface area (Å²) in [4.78, 5) is 23.0. The molecule has 0 fully saturated rings. The second kappa shape index (κ2) is 6.50. The highest BCUT2D eigenvalue weighted by Gasteiger charge is 2.19. The van der Waals surface area contributed by atoms with Gasteiger partial charge in [0.1, 0.15) is 17.9 Å². The lowest BCUT2D eigenvalue weighted by atomic mass is 9.96. The Morgan fingerprint density at radius 3 is 2.60 bits per heavy atom. The van der Waals surface area contributed by atoms with Gasteiger partial charge in [-0.25, -0.2) is 0 Å². The average molecular weight is 278 g/mol. The summed E-state index contributed by atoms with van der Waals surface area (Å²) < 4.78 is 5.20. The molecule has 5 heteroatoms. The molecule has 5 nitrogen and oxygen atoms in total. The monoisotopic (exact) mass is 278 g/mol. The number of esters is 1. The van der Waals surface area contributed by atoms with E-state index in [1.165, 1.54) is 6.92 Å². The molecule has 0 amide bonds. The fraction of sp³-hybridized carbons (Fsp3) is 0.533. The molecule has 110 valence electrons. The number of carbonyl (C=O) groups is 2. The molecule has 20 heavy (non-hydrogen) atoms. The van der Waals surface area contributed by atoms with Gasteiger partial charge in [-0.1, -0.05) is 6.08 Å². The largest absolute Gasteiger partial charge is 0.459 e. The number of rotatable bonds is 5. The molecule has 0 saturated carbocycles. The minimum absolute atomic E-state index is 0.000962. The normalized spacial score (nSPS) is 15.0. The first-order valence-corrected chi connectivity index (χ1v) is 6.66. The molecule has 1 aliphatic rings. The van der Waals surface area contributed by atoms with Gasteiger partial charge in [-0.05, 0) is 39.7 Å². The maximum absolute atomic E-state index is 11.7. The molecule has 1 rings (SSSR count). The van der Waals surface area contributed by atoms with Crippen LogP contribution in [0, 0.1) is 5.41 Å². The van der Waals surface area contributed by atoms with Gasteiger partial charge >= 0.3 is 5.97 Å². The van der Waals surface area contributed by atoms with Crippen LogP contribution in [0.15, 0.2) is 23.4 Å². The predicted molar refractivity (Wildman–Crippen MR) is 77.7 cm³/mol. The lowest BCUT2D eigenvalue weighted by Gasteiger charge is -2.21. The fourth-order valence-corrected chi connectivity index (χ4v) is 1.85. The van der Waals surface area contributed by atoms with E-state index in [-0.39, 0.29) is 24.0 Å². The molecule has 0 aromatic carbocycles. The molecule has 0 bridgehead atoms. The topological polar surface area (TPSA) is 79.3 Å². The van der Waals surface area contributed by atoms with Gasteiger partial charge in [-0.15, -0.1) is 0 Å². The van der Waals surface area contributed by atoms with E-state index >= 15 is 0 Å². The van der Waals surface area contributed by atoms with Crippen LogP contribution in [0.25, 0.3) is 0 Å². The fourth-order valence-electron chi connectivity index (χ4n) is 1.85. The molecule has 0 spiro atoms. The van der Waals surface area contributed by atoms with Gasteiger partial charge in [-0.3, -0.25) is 15.0 Å². The van der Waals surface area contributed by atoms with Crippen molar-refractivity contribution in [2.45, 2.75) is 46.1 Å². The van der Waals surface area contributed by atoms with E-state index in [1.54, 1.807) is 6.08 Å². The van der Waals surface area contributed by atoms with E-state index in [0.717, 1.165) is 6.42 Å². The minimum atomic E-state index is -0.523. The second-order valence-electron chi connectivity index (χ2n) is 5.70. The van der Waals surface area contributed by atoms with Crippen molar-refractivity contribution in [1.29, 1.82) is 5.41 Å². The van der Waals surface area contributed by atoms with Crippen LogP contribution in [0.4, 0.5) is 0 Å². The van der Waals surface area contributed by atoms with Crippen molar-refractivity contribution in [3.05, 3.63) is 23.4 Å². The van der Waals surface area contributed by atoms with Crippen molar-refractivity contribution in [1.82, 2.24) is 5.32 Å². The Kier molecular flexibility index (Phi) is 5.25. The van der Waals surface area contributed by atoms with Crippen molar-refractivity contribution in [2.75, 3.05) is 6.54 Å². The van der Waals surface area contributed by atoms with E-state index in [9.17, 15) is 9.59 Å². The van der Waals surface area contributed by atoms with E-state index in [0.29, 0.717) is 17.7 Å². The van der Waals surface area contributed by atoms with Crippen LogP contribution in [0.1, 0.15) is 40.5 Å². The highest BCUT2D eigenvalue weighted by atomic mass is 16.6. The van der Waals surface area contributed by atoms with Crippen LogP contribution in [0.2, 0.25) is 0 Å². The third-order valence-electron chi connectivity index (χ3n) is 2.67. The minimum Gasteiger partial charge on any atom is -0.459 e. The van der Waals surface area contributed by atoms with Crippen molar-refractivity contribution < 1.29 is 14.3 Å². The number of ether oxygens (including phenoxy) is 1. The Morgan fingerprint density at radius 2 is 2.05 bits per heavy atom. The maximum atomic E-state index is 11.7. The van der Waals surface area contributed by atoms with E-state index in [4.69, 9.17) is 10.1 Å². The summed E-state index contributed by atoms with van der Waals surface area (Å²) in [6.07, 6.45) is 5.18. The number of nitrogens with one attached hydrogen (secondary N) is 2. The quantitative estimate of drug-likeness (QED) is 0.596. The zero-order valence-electron chi connectivity index (χ0n) is 12.5. The van der Waals surface area contributed by atoms with Gasteiger partial charge in [0.25, 0.3) is 0 Å². The lowest BCUT2D eigenvalue weighted by molar-refractivity contribution is -0.153. The van der Waals surface area contributed by atoms with Gasteiger partial charge in [0, 0.05) is 18.2 Å². The summed E-state index contributed by atoms with van der Waals surface area (Å²) in [7, 11) is 0. The third kappa shape index (κ3) is 4.99. The Morgan fingerprint density at radius 1 is 1.40 bits per heavy atom. The van der Waals surface area contributed by atoms with Gasteiger partial charge < -0.3 is 10.1 Å². The lowest BCUT2D eigenvalue weighted by Crippen LogP contribution is -2.32. The summed E-state index contributed by atoms with van der Waals surface area (Å²) in [6, 6.07) is 0. The van der Waals surface area contributed by atoms with Crippen LogP contribution < -0.4 is 5.32 Å². The van der Waals surface area contributed by atoms with Crippen LogP contribution in [0.3, 0.4) is 0 Å². The SMILES string of the molecule is CC(=O)C(=N)C1=C(NCC(=O)OC(C)(C)C)C=CCC1. The average Bonchev–Trinajstić information content (AvgIpc) is 2.33. The van der Waals surface area contributed by atoms with E-state index < -0.39 is 5.60 Å². The van der Waals surface area contributed by atoms with Crippen LogP contribution in [-0.2, 0) is 14.3 Å². The number of carbonyl (C=O) groups excluding carboxylic acids is 2. The number of hydrogen-bond donors (Lipinski definition) is 2. The molecule has 0 radical (unpaired) electrons. The predicted octanol–water partition coefficient (Wildman–Crippen LogP) is 2.13. The molecule has 0 heterocycles. The number of ketones is 1. The zero-order valence-corrected chi connectivity index (χ0v) is 12.5. The Hall–Kier alpha value is -1.91. The van der Waals surface area contributed by atoms with Gasteiger partial charge in [0.15, 0.2) is 5.78 Å². The molecule has 1 aliphatic carbocycles. The summed E-state index contributed by atoms with van der Waals surface area (Å²) in [5.74, 6) is -0.635. The summed E-state index contributed by atoms with van der Waals surface area (Å²) in [5.41, 5.74) is 0.789. The van der Waals surface area contributed by atoms with Gasteiger partial charge in [0.2, 0.25) is 0 Å². The van der Waals surface area contributed by atoms with Crippen LogP contribution in [-0.4, -0.2) is 29.6 Å². The van der Waals surface area contributed by atoms with E-state index in [1.807, 2.05) is 26.8 Å². The summed E-state index contributed by atoms with van der Waals surface area (Å²) >= 11 is 0. The Balaban J connectivity index is 2.73. The summed E-state index contributed by atoms with van der Waals surface area (Å²) in [5, 5.41) is 10.8. The van der Waals surface area contributed by atoms with Crippen LogP contribution in [0.5, 0.6) is 0 Å². The first-order chi connectivity index (χ1) is 9.20. The highest BCUT2D eigenvalue weighted by Crippen LogP contribution is 2.18. The van der Waals surface area contributed by atoms with Crippen molar-refractivity contribution in [3.8, 4) is 0 Å². The third-order valence-corrected chi connectivity index (χ3v) is 2.67. The Labute approximate surface area is 119 Å². The standard InChI is InChI=1S/C15H22N2O3/c1-10(18)14(16)11-7-5-6-8-12(11)17-9-13(19)20-15(2,3)4/h6,8,16-17H,5,7,9H2,1-4H3. The van der Waals surface area contributed by atoms with Gasteiger partial charge in [-0.2, -0.15) is 0 Å². The molecule has 0 unspecified atom stereocenters. The van der Waals surface area contributed by atoms with Crippen molar-refractivity contribution in [3.63, 3.8) is 0 Å². The molecule has 0 aromatic heterocycles. The number of Topliss-reactive ketones (excluding diaryl/α,β-unsaturated/α-hetero) is 1. The Bertz CT molecular complexity index is 482. The second-order valence-corrected chi connectivity index (χ2v) is 5.70. The summed E-state index contributed by atoms with van der Waals surface area (Å²) in [6.45, 7) is 6.81. The maximum Gasteiger partial charge on any atom is 0.325 e. The molecular formula is C15H22N2O3. The molecular weight excluding hydrogens is 256 g/mol. The van der Waals surface area contributed by atoms with Crippen molar-refractivity contribution in [2.24, 2.45) is 0 Å².